The van der Waals surface area contributed by atoms with Gasteiger partial charge in [-0.15, -0.1) is 0 Å². The number of hydrogen-bond acceptors (Lipinski definition) is 4. The fourth-order valence-electron chi connectivity index (χ4n) is 2.53. The van der Waals surface area contributed by atoms with Crippen molar-refractivity contribution in [3.8, 4) is 11.4 Å². The van der Waals surface area contributed by atoms with Crippen molar-refractivity contribution in [3.63, 3.8) is 0 Å². The molecule has 0 saturated heterocycles. The van der Waals surface area contributed by atoms with Gasteiger partial charge in [0.25, 0.3) is 0 Å². The lowest BCUT2D eigenvalue weighted by molar-refractivity contribution is 0.589. The third-order valence-corrected chi connectivity index (χ3v) is 4.36. The van der Waals surface area contributed by atoms with Crippen LogP contribution in [0.4, 0.5) is 0 Å². The third kappa shape index (κ3) is 2.72. The Morgan fingerprint density at radius 2 is 1.87 bits per heavy atom. The molecule has 1 N–H and O–H groups in total. The van der Waals surface area contributed by atoms with E-state index >= 15 is 0 Å². The van der Waals surface area contributed by atoms with Crippen molar-refractivity contribution < 1.29 is 0 Å². The van der Waals surface area contributed by atoms with E-state index in [1.807, 2.05) is 19.2 Å². The number of rotatable bonds is 3. The minimum Gasteiger partial charge on any atom is -0.346 e. The van der Waals surface area contributed by atoms with Gasteiger partial charge in [0.1, 0.15) is 23.4 Å². The molecule has 0 aliphatic carbocycles. The van der Waals surface area contributed by atoms with Crippen LogP contribution in [0.3, 0.4) is 0 Å². The summed E-state index contributed by atoms with van der Waals surface area (Å²) in [5.74, 6) is 0. The SMILES string of the molecule is Cc1nn(Cc2ccc(I)cc2)nc1-c1ncnc2[nH]ccc12. The quantitative estimate of drug-likeness (QED) is 0.521. The maximum Gasteiger partial charge on any atom is 0.141 e. The van der Waals surface area contributed by atoms with Gasteiger partial charge in [0, 0.05) is 15.2 Å². The Hall–Kier alpha value is -2.29. The summed E-state index contributed by atoms with van der Waals surface area (Å²) in [5.41, 5.74) is 4.44. The first-order valence-electron chi connectivity index (χ1n) is 7.15. The first-order valence-corrected chi connectivity index (χ1v) is 8.23. The van der Waals surface area contributed by atoms with Gasteiger partial charge in [-0.1, -0.05) is 12.1 Å². The van der Waals surface area contributed by atoms with Crippen LogP contribution >= 0.6 is 22.6 Å². The molecule has 1 aromatic carbocycles. The first kappa shape index (κ1) is 14.3. The number of H-pyrrole nitrogens is 1. The highest BCUT2D eigenvalue weighted by Crippen LogP contribution is 2.24. The summed E-state index contributed by atoms with van der Waals surface area (Å²) >= 11 is 2.30. The first-order chi connectivity index (χ1) is 11.2. The van der Waals surface area contributed by atoms with E-state index in [0.29, 0.717) is 6.54 Å². The zero-order valence-corrected chi connectivity index (χ0v) is 14.5. The minimum atomic E-state index is 0.638. The van der Waals surface area contributed by atoms with Crippen molar-refractivity contribution in [2.45, 2.75) is 13.5 Å². The summed E-state index contributed by atoms with van der Waals surface area (Å²) in [4.78, 5) is 13.4. The number of nitrogens with zero attached hydrogens (tertiary/aromatic N) is 5. The molecule has 0 unspecified atom stereocenters. The summed E-state index contributed by atoms with van der Waals surface area (Å²) in [6.45, 7) is 2.59. The van der Waals surface area contributed by atoms with E-state index in [1.165, 1.54) is 9.13 Å². The lowest BCUT2D eigenvalue weighted by atomic mass is 10.2. The predicted octanol–water partition coefficient (Wildman–Crippen LogP) is 3.18. The van der Waals surface area contributed by atoms with E-state index in [2.05, 4.69) is 72.0 Å². The number of halogens is 1. The molecule has 0 radical (unpaired) electrons. The number of nitrogens with one attached hydrogen (secondary N) is 1. The minimum absolute atomic E-state index is 0.638. The molecule has 0 saturated carbocycles. The molecule has 3 heterocycles. The van der Waals surface area contributed by atoms with E-state index in [9.17, 15) is 0 Å². The Bertz CT molecular complexity index is 970. The molecule has 0 atom stereocenters. The molecule has 4 rings (SSSR count). The summed E-state index contributed by atoms with van der Waals surface area (Å²) in [5, 5.41) is 10.1. The van der Waals surface area contributed by atoms with E-state index in [-0.39, 0.29) is 0 Å². The Labute approximate surface area is 146 Å². The number of hydrogen-bond donors (Lipinski definition) is 1. The third-order valence-electron chi connectivity index (χ3n) is 3.64. The number of fused-ring (bicyclic) bond motifs is 1. The van der Waals surface area contributed by atoms with Gasteiger partial charge in [-0.05, 0) is 53.3 Å². The van der Waals surface area contributed by atoms with Crippen LogP contribution in [0.5, 0.6) is 0 Å². The smallest absolute Gasteiger partial charge is 0.141 e. The maximum absolute atomic E-state index is 4.63. The van der Waals surface area contributed by atoms with Gasteiger partial charge in [-0.25, -0.2) is 9.97 Å². The van der Waals surface area contributed by atoms with Gasteiger partial charge < -0.3 is 4.98 Å². The molecular formula is C16H13IN6. The molecule has 4 aromatic rings. The average molecular weight is 416 g/mol. The fraction of sp³-hybridized carbons (Fsp3) is 0.125. The molecule has 0 bridgehead atoms. The largest absolute Gasteiger partial charge is 0.346 e. The number of aromatic nitrogens is 6. The molecule has 114 valence electrons. The van der Waals surface area contributed by atoms with Gasteiger partial charge in [0.05, 0.1) is 12.2 Å². The molecule has 0 spiro atoms. The molecule has 0 amide bonds. The molecule has 3 aromatic heterocycles. The van der Waals surface area contributed by atoms with Crippen molar-refractivity contribution in [2.24, 2.45) is 0 Å². The van der Waals surface area contributed by atoms with Crippen LogP contribution in [-0.4, -0.2) is 29.9 Å². The zero-order valence-electron chi connectivity index (χ0n) is 12.4. The fourth-order valence-corrected chi connectivity index (χ4v) is 2.89. The van der Waals surface area contributed by atoms with Crippen molar-refractivity contribution >= 4 is 33.6 Å². The van der Waals surface area contributed by atoms with Gasteiger partial charge in [-0.3, -0.25) is 0 Å². The van der Waals surface area contributed by atoms with Crippen LogP contribution in [0.25, 0.3) is 22.4 Å². The predicted molar refractivity (Wildman–Crippen MR) is 95.9 cm³/mol. The van der Waals surface area contributed by atoms with Gasteiger partial charge in [0.2, 0.25) is 0 Å². The summed E-state index contributed by atoms with van der Waals surface area (Å²) in [7, 11) is 0. The Morgan fingerprint density at radius 3 is 2.70 bits per heavy atom. The summed E-state index contributed by atoms with van der Waals surface area (Å²) in [6.07, 6.45) is 3.40. The van der Waals surface area contributed by atoms with E-state index < -0.39 is 0 Å². The molecular weight excluding hydrogens is 403 g/mol. The molecule has 23 heavy (non-hydrogen) atoms. The van der Waals surface area contributed by atoms with Crippen molar-refractivity contribution in [1.29, 1.82) is 0 Å². The molecule has 6 nitrogen and oxygen atoms in total. The van der Waals surface area contributed by atoms with Crippen LogP contribution in [0, 0.1) is 10.5 Å². The van der Waals surface area contributed by atoms with Crippen molar-refractivity contribution in [1.82, 2.24) is 29.9 Å². The van der Waals surface area contributed by atoms with Gasteiger partial charge >= 0.3 is 0 Å². The lowest BCUT2D eigenvalue weighted by Crippen LogP contribution is -2.04. The zero-order chi connectivity index (χ0) is 15.8. The van der Waals surface area contributed by atoms with Gasteiger partial charge in [-0.2, -0.15) is 15.0 Å². The molecule has 0 aliphatic rings. The highest BCUT2D eigenvalue weighted by Gasteiger charge is 2.15. The van der Waals surface area contributed by atoms with Crippen LogP contribution in [0.2, 0.25) is 0 Å². The molecule has 0 aliphatic heterocycles. The summed E-state index contributed by atoms with van der Waals surface area (Å²) < 4.78 is 1.22. The van der Waals surface area contributed by atoms with Crippen LogP contribution in [-0.2, 0) is 6.54 Å². The van der Waals surface area contributed by atoms with Crippen LogP contribution in [0.15, 0.2) is 42.9 Å². The molecule has 7 heteroatoms. The normalized spacial score (nSPS) is 11.2. The lowest BCUT2D eigenvalue weighted by Gasteiger charge is -2.01. The number of aromatic amines is 1. The topological polar surface area (TPSA) is 72.3 Å². The number of benzene rings is 1. The second-order valence-corrected chi connectivity index (χ2v) is 6.50. The van der Waals surface area contributed by atoms with Crippen molar-refractivity contribution in [2.75, 3.05) is 0 Å². The highest BCUT2D eigenvalue weighted by molar-refractivity contribution is 14.1. The van der Waals surface area contributed by atoms with E-state index in [0.717, 1.165) is 28.1 Å². The van der Waals surface area contributed by atoms with Gasteiger partial charge in [0.15, 0.2) is 0 Å². The van der Waals surface area contributed by atoms with E-state index in [4.69, 9.17) is 0 Å². The Kier molecular flexibility index (Phi) is 3.56. The maximum atomic E-state index is 4.63. The van der Waals surface area contributed by atoms with Crippen molar-refractivity contribution in [3.05, 3.63) is 57.7 Å². The molecule has 0 fully saturated rings. The monoisotopic (exact) mass is 416 g/mol. The van der Waals surface area contributed by atoms with Crippen LogP contribution in [0.1, 0.15) is 11.3 Å². The Balaban J connectivity index is 1.72. The summed E-state index contributed by atoms with van der Waals surface area (Å²) in [6, 6.07) is 10.3. The highest BCUT2D eigenvalue weighted by atomic mass is 127. The standard InChI is InChI=1S/C16H13IN6/c1-10-14(15-13-6-7-18-16(13)20-9-19-15)22-23(21-10)8-11-2-4-12(17)5-3-11/h2-7,9H,8H2,1H3,(H,18,19,20). The number of aryl methyl sites for hydroxylation is 1. The average Bonchev–Trinajstić information content (AvgIpc) is 3.16. The van der Waals surface area contributed by atoms with E-state index in [1.54, 1.807) is 11.1 Å². The Morgan fingerprint density at radius 1 is 1.04 bits per heavy atom. The van der Waals surface area contributed by atoms with Crippen LogP contribution < -0.4 is 0 Å². The second-order valence-electron chi connectivity index (χ2n) is 5.25. The second kappa shape index (κ2) is 5.73.